The normalized spacial score (nSPS) is 10.2. The van der Waals surface area contributed by atoms with Gasteiger partial charge in [0.05, 0.1) is 12.2 Å². The highest BCUT2D eigenvalue weighted by molar-refractivity contribution is 7.80. The van der Waals surface area contributed by atoms with Crippen molar-refractivity contribution in [2.45, 2.75) is 33.1 Å². The van der Waals surface area contributed by atoms with Crippen LogP contribution in [0.1, 0.15) is 42.6 Å². The molecule has 25 heavy (non-hydrogen) atoms. The number of hydrogen-bond donors (Lipinski definition) is 2. The lowest BCUT2D eigenvalue weighted by Gasteiger charge is -2.11. The van der Waals surface area contributed by atoms with E-state index in [0.29, 0.717) is 17.3 Å². The molecule has 0 saturated carbocycles. The minimum Gasteiger partial charge on any atom is -0.462 e. The number of esters is 1. The molecule has 0 aliphatic heterocycles. The Hall–Kier alpha value is -2.40. The fraction of sp³-hybridized carbons (Fsp3) is 0.300. The highest BCUT2D eigenvalue weighted by Gasteiger charge is 2.07. The summed E-state index contributed by atoms with van der Waals surface area (Å²) in [7, 11) is 0. The second-order valence-corrected chi connectivity index (χ2v) is 6.10. The molecule has 2 aromatic carbocycles. The average Bonchev–Trinajstić information content (AvgIpc) is 2.63. The summed E-state index contributed by atoms with van der Waals surface area (Å²) in [6, 6.07) is 15.2. The molecule has 0 unspecified atom stereocenters. The van der Waals surface area contributed by atoms with Crippen molar-refractivity contribution in [3.05, 3.63) is 59.7 Å². The van der Waals surface area contributed by atoms with E-state index in [0.717, 1.165) is 30.6 Å². The van der Waals surface area contributed by atoms with Crippen molar-refractivity contribution in [2.24, 2.45) is 0 Å². The van der Waals surface area contributed by atoms with E-state index in [2.05, 4.69) is 36.6 Å². The monoisotopic (exact) mass is 356 g/mol. The van der Waals surface area contributed by atoms with Crippen molar-refractivity contribution in [1.82, 2.24) is 0 Å². The zero-order valence-corrected chi connectivity index (χ0v) is 15.5. The van der Waals surface area contributed by atoms with Crippen LogP contribution < -0.4 is 10.6 Å². The van der Waals surface area contributed by atoms with Crippen LogP contribution >= 0.6 is 12.2 Å². The van der Waals surface area contributed by atoms with Crippen LogP contribution in [0.3, 0.4) is 0 Å². The van der Waals surface area contributed by atoms with E-state index in [-0.39, 0.29) is 5.97 Å². The second-order valence-electron chi connectivity index (χ2n) is 5.70. The van der Waals surface area contributed by atoms with Gasteiger partial charge in [0, 0.05) is 11.4 Å². The summed E-state index contributed by atoms with van der Waals surface area (Å²) in [6.07, 6.45) is 2.89. The minimum atomic E-state index is -0.295. The summed E-state index contributed by atoms with van der Waals surface area (Å²) in [6.45, 7) is 4.64. The van der Waals surface area contributed by atoms with E-state index in [1.165, 1.54) is 5.56 Å². The van der Waals surface area contributed by atoms with E-state index in [4.69, 9.17) is 17.0 Å². The summed E-state index contributed by atoms with van der Waals surface area (Å²) >= 11 is 5.32. The van der Waals surface area contributed by atoms with Gasteiger partial charge in [0.15, 0.2) is 5.11 Å². The van der Waals surface area contributed by atoms with Crippen molar-refractivity contribution in [3.8, 4) is 0 Å². The molecule has 2 N–H and O–H groups in total. The molecule has 0 amide bonds. The number of unbranched alkanes of at least 4 members (excludes halogenated alkanes) is 1. The SMILES string of the molecule is CCCCOC(=O)c1ccc(NC(=S)Nc2ccc(CC)cc2)cc1. The topological polar surface area (TPSA) is 50.4 Å². The number of hydrogen-bond acceptors (Lipinski definition) is 3. The Bertz CT molecular complexity index is 697. The Morgan fingerprint density at radius 3 is 2.04 bits per heavy atom. The fourth-order valence-corrected chi connectivity index (χ4v) is 2.44. The number of thiocarbonyl (C=S) groups is 1. The first-order chi connectivity index (χ1) is 12.1. The molecular formula is C20H24N2O2S. The van der Waals surface area contributed by atoms with Crippen LogP contribution in [0, 0.1) is 0 Å². The van der Waals surface area contributed by atoms with Crippen LogP contribution in [0.2, 0.25) is 0 Å². The molecule has 5 heteroatoms. The molecule has 132 valence electrons. The number of aryl methyl sites for hydroxylation is 1. The molecule has 4 nitrogen and oxygen atoms in total. The van der Waals surface area contributed by atoms with Crippen molar-refractivity contribution in [3.63, 3.8) is 0 Å². The van der Waals surface area contributed by atoms with E-state index >= 15 is 0 Å². The third-order valence-corrected chi connectivity index (χ3v) is 3.93. The first kappa shape index (κ1) is 18.9. The number of nitrogens with one attached hydrogen (secondary N) is 2. The van der Waals surface area contributed by atoms with E-state index in [9.17, 15) is 4.79 Å². The molecule has 0 saturated heterocycles. The van der Waals surface area contributed by atoms with E-state index in [1.54, 1.807) is 12.1 Å². The first-order valence-corrected chi connectivity index (χ1v) is 8.97. The van der Waals surface area contributed by atoms with Gasteiger partial charge in [-0.25, -0.2) is 4.79 Å². The molecule has 0 aromatic heterocycles. The number of ether oxygens (including phenoxy) is 1. The molecule has 0 spiro atoms. The van der Waals surface area contributed by atoms with Gasteiger partial charge in [-0.05, 0) is 67.0 Å². The summed E-state index contributed by atoms with van der Waals surface area (Å²) < 4.78 is 5.19. The van der Waals surface area contributed by atoms with Crippen LogP contribution in [-0.2, 0) is 11.2 Å². The van der Waals surface area contributed by atoms with Gasteiger partial charge in [-0.2, -0.15) is 0 Å². The van der Waals surface area contributed by atoms with Gasteiger partial charge in [0.1, 0.15) is 0 Å². The van der Waals surface area contributed by atoms with Gasteiger partial charge in [0.2, 0.25) is 0 Å². The summed E-state index contributed by atoms with van der Waals surface area (Å²) in [5.41, 5.74) is 3.57. The van der Waals surface area contributed by atoms with Gasteiger partial charge >= 0.3 is 5.97 Å². The number of carbonyl (C=O) groups is 1. The number of rotatable bonds is 7. The van der Waals surface area contributed by atoms with Crippen LogP contribution in [0.4, 0.5) is 11.4 Å². The van der Waals surface area contributed by atoms with Gasteiger partial charge in [-0.3, -0.25) is 0 Å². The van der Waals surface area contributed by atoms with Crippen LogP contribution in [0.25, 0.3) is 0 Å². The molecule has 0 fully saturated rings. The maximum Gasteiger partial charge on any atom is 0.338 e. The molecule has 2 rings (SSSR count). The predicted octanol–water partition coefficient (Wildman–Crippen LogP) is 5.01. The lowest BCUT2D eigenvalue weighted by atomic mass is 10.1. The Morgan fingerprint density at radius 2 is 1.52 bits per heavy atom. The zero-order valence-electron chi connectivity index (χ0n) is 14.7. The molecule has 0 aliphatic carbocycles. The lowest BCUT2D eigenvalue weighted by molar-refractivity contribution is 0.0500. The van der Waals surface area contributed by atoms with Gasteiger partial charge in [-0.15, -0.1) is 0 Å². The molecule has 0 atom stereocenters. The Morgan fingerprint density at radius 1 is 0.960 bits per heavy atom. The number of benzene rings is 2. The smallest absolute Gasteiger partial charge is 0.338 e. The lowest BCUT2D eigenvalue weighted by Crippen LogP contribution is -2.19. The highest BCUT2D eigenvalue weighted by Crippen LogP contribution is 2.13. The van der Waals surface area contributed by atoms with E-state index in [1.807, 2.05) is 24.3 Å². The van der Waals surface area contributed by atoms with Crippen LogP contribution in [0.5, 0.6) is 0 Å². The van der Waals surface area contributed by atoms with Gasteiger partial charge in [0.25, 0.3) is 0 Å². The summed E-state index contributed by atoms with van der Waals surface area (Å²) in [4.78, 5) is 11.9. The Labute approximate surface area is 154 Å². The standard InChI is InChI=1S/C20H24N2O2S/c1-3-5-14-24-19(23)16-8-12-18(13-9-16)22-20(25)21-17-10-6-15(4-2)7-11-17/h6-13H,3-5,14H2,1-2H3,(H2,21,22,25). The van der Waals surface area contributed by atoms with Crippen molar-refractivity contribution in [1.29, 1.82) is 0 Å². The maximum atomic E-state index is 11.9. The van der Waals surface area contributed by atoms with Crippen LogP contribution in [-0.4, -0.2) is 17.7 Å². The number of anilines is 2. The predicted molar refractivity (Wildman–Crippen MR) is 107 cm³/mol. The number of carbonyl (C=O) groups excluding carboxylic acids is 1. The molecule has 2 aromatic rings. The Kier molecular flexibility index (Phi) is 7.41. The third-order valence-electron chi connectivity index (χ3n) is 3.73. The highest BCUT2D eigenvalue weighted by atomic mass is 32.1. The molecule has 0 bridgehead atoms. The fourth-order valence-electron chi connectivity index (χ4n) is 2.20. The second kappa shape index (κ2) is 9.79. The van der Waals surface area contributed by atoms with Crippen molar-refractivity contribution >= 4 is 34.7 Å². The molecule has 0 radical (unpaired) electrons. The van der Waals surface area contributed by atoms with Gasteiger partial charge in [-0.1, -0.05) is 32.4 Å². The third kappa shape index (κ3) is 6.19. The van der Waals surface area contributed by atoms with Crippen molar-refractivity contribution in [2.75, 3.05) is 17.2 Å². The average molecular weight is 356 g/mol. The summed E-state index contributed by atoms with van der Waals surface area (Å²) in [5.74, 6) is -0.295. The molecule has 0 aliphatic rings. The largest absolute Gasteiger partial charge is 0.462 e. The van der Waals surface area contributed by atoms with Crippen LogP contribution in [0.15, 0.2) is 48.5 Å². The molecule has 0 heterocycles. The first-order valence-electron chi connectivity index (χ1n) is 8.56. The molecular weight excluding hydrogens is 332 g/mol. The quantitative estimate of drug-likeness (QED) is 0.415. The van der Waals surface area contributed by atoms with Crippen molar-refractivity contribution < 1.29 is 9.53 Å². The van der Waals surface area contributed by atoms with E-state index < -0.39 is 0 Å². The minimum absolute atomic E-state index is 0.295. The summed E-state index contributed by atoms with van der Waals surface area (Å²) in [5, 5.41) is 6.75. The van der Waals surface area contributed by atoms with Gasteiger partial charge < -0.3 is 15.4 Å². The zero-order chi connectivity index (χ0) is 18.1. The Balaban J connectivity index is 1.87. The maximum absolute atomic E-state index is 11.9.